The van der Waals surface area contributed by atoms with Gasteiger partial charge in [0.1, 0.15) is 0 Å². The van der Waals surface area contributed by atoms with E-state index < -0.39 is 0 Å². The Labute approximate surface area is 79.3 Å². The van der Waals surface area contributed by atoms with E-state index in [1.54, 1.807) is 0 Å². The molecule has 5 heteroatoms. The zero-order valence-electron chi connectivity index (χ0n) is 8.04. The summed E-state index contributed by atoms with van der Waals surface area (Å²) < 4.78 is 10.4. The van der Waals surface area contributed by atoms with Gasteiger partial charge in [-0.3, -0.25) is 0 Å². The Morgan fingerprint density at radius 3 is 2.00 bits per heavy atom. The van der Waals surface area contributed by atoms with Gasteiger partial charge in [-0.15, -0.1) is 0 Å². The van der Waals surface area contributed by atoms with E-state index in [4.69, 9.17) is 21.1 Å². The first-order valence-electron chi connectivity index (χ1n) is 4.59. The minimum atomic E-state index is 0.424. The Bertz CT molecular complexity index is 83.5. The van der Waals surface area contributed by atoms with Gasteiger partial charge in [0.05, 0.1) is 26.4 Å². The Morgan fingerprint density at radius 1 is 0.769 bits per heavy atom. The van der Waals surface area contributed by atoms with Gasteiger partial charge in [-0.2, -0.15) is 0 Å². The van der Waals surface area contributed by atoms with E-state index in [-0.39, 0.29) is 0 Å². The molecule has 0 bridgehead atoms. The predicted molar refractivity (Wildman–Crippen MR) is 50.1 cm³/mol. The smallest absolute Gasteiger partial charge is 0.0913 e. The lowest BCUT2D eigenvalue weighted by Crippen LogP contribution is -2.12. The molecule has 0 saturated carbocycles. The zero-order valence-corrected chi connectivity index (χ0v) is 8.04. The van der Waals surface area contributed by atoms with E-state index in [0.29, 0.717) is 26.4 Å². The molecular weight excluding hydrogens is 172 g/mol. The summed E-state index contributed by atoms with van der Waals surface area (Å²) in [6.45, 7) is 3.64. The SMILES string of the molecule is NCCCCOCCOCCON. The topological polar surface area (TPSA) is 79.7 Å². The summed E-state index contributed by atoms with van der Waals surface area (Å²) in [6.07, 6.45) is 2.03. The molecule has 0 unspecified atom stereocenters. The second-order valence-electron chi connectivity index (χ2n) is 2.59. The zero-order chi connectivity index (χ0) is 9.78. The third-order valence-electron chi connectivity index (χ3n) is 1.46. The number of unbranched alkanes of at least 4 members (excludes halogenated alkanes) is 1. The van der Waals surface area contributed by atoms with Gasteiger partial charge in [-0.1, -0.05) is 0 Å². The number of ether oxygens (including phenoxy) is 2. The van der Waals surface area contributed by atoms with Gasteiger partial charge >= 0.3 is 0 Å². The molecule has 0 saturated heterocycles. The van der Waals surface area contributed by atoms with Crippen LogP contribution in [0.3, 0.4) is 0 Å². The van der Waals surface area contributed by atoms with Crippen LogP contribution in [-0.2, 0) is 14.3 Å². The predicted octanol–water partition coefficient (Wildman–Crippen LogP) is -0.351. The van der Waals surface area contributed by atoms with Gasteiger partial charge in [0.15, 0.2) is 0 Å². The number of nitrogens with two attached hydrogens (primary N) is 2. The van der Waals surface area contributed by atoms with Crippen molar-refractivity contribution in [1.82, 2.24) is 0 Å². The molecule has 0 spiro atoms. The normalized spacial score (nSPS) is 10.6. The fraction of sp³-hybridized carbons (Fsp3) is 1.00. The first kappa shape index (κ1) is 12.8. The summed E-state index contributed by atoms with van der Waals surface area (Å²) in [4.78, 5) is 4.32. The molecule has 0 atom stereocenters. The Balaban J connectivity index is 2.76. The van der Waals surface area contributed by atoms with Crippen LogP contribution < -0.4 is 11.6 Å². The van der Waals surface area contributed by atoms with Crippen molar-refractivity contribution in [3.63, 3.8) is 0 Å². The van der Waals surface area contributed by atoms with Gasteiger partial charge in [0.25, 0.3) is 0 Å². The fourth-order valence-electron chi connectivity index (χ4n) is 0.777. The van der Waals surface area contributed by atoms with E-state index in [0.717, 1.165) is 26.0 Å². The lowest BCUT2D eigenvalue weighted by atomic mass is 10.3. The van der Waals surface area contributed by atoms with Crippen LogP contribution in [0.25, 0.3) is 0 Å². The average Bonchev–Trinajstić information content (AvgIpc) is 2.16. The van der Waals surface area contributed by atoms with Crippen molar-refractivity contribution in [2.24, 2.45) is 11.6 Å². The minimum absolute atomic E-state index is 0.424. The summed E-state index contributed by atoms with van der Waals surface area (Å²) in [7, 11) is 0. The molecule has 0 aliphatic carbocycles. The maximum absolute atomic E-state index is 5.32. The molecule has 0 amide bonds. The number of rotatable bonds is 10. The lowest BCUT2D eigenvalue weighted by Gasteiger charge is -2.04. The highest BCUT2D eigenvalue weighted by atomic mass is 16.6. The molecular formula is C8H20N2O3. The fourth-order valence-corrected chi connectivity index (χ4v) is 0.777. The maximum atomic E-state index is 5.32. The summed E-state index contributed by atoms with van der Waals surface area (Å²) >= 11 is 0. The lowest BCUT2D eigenvalue weighted by molar-refractivity contribution is 0.0137. The summed E-state index contributed by atoms with van der Waals surface area (Å²) in [6, 6.07) is 0. The van der Waals surface area contributed by atoms with E-state index in [1.165, 1.54) is 0 Å². The van der Waals surface area contributed by atoms with Crippen molar-refractivity contribution in [3.8, 4) is 0 Å². The molecule has 4 N–H and O–H groups in total. The van der Waals surface area contributed by atoms with Crippen LogP contribution >= 0.6 is 0 Å². The first-order valence-corrected chi connectivity index (χ1v) is 4.59. The Morgan fingerprint density at radius 2 is 1.38 bits per heavy atom. The molecule has 0 aromatic rings. The van der Waals surface area contributed by atoms with Crippen molar-refractivity contribution in [2.45, 2.75) is 12.8 Å². The van der Waals surface area contributed by atoms with Gasteiger partial charge in [-0.05, 0) is 19.4 Å². The van der Waals surface area contributed by atoms with Crippen molar-refractivity contribution >= 4 is 0 Å². The van der Waals surface area contributed by atoms with Gasteiger partial charge < -0.3 is 20.0 Å². The van der Waals surface area contributed by atoms with Crippen LogP contribution in [0.1, 0.15) is 12.8 Å². The van der Waals surface area contributed by atoms with Crippen LogP contribution in [0.15, 0.2) is 0 Å². The standard InChI is InChI=1S/C8H20N2O3/c9-3-1-2-4-11-5-6-12-7-8-13-10/h1-10H2. The molecule has 80 valence electrons. The number of hydrogen-bond donors (Lipinski definition) is 2. The summed E-state index contributed by atoms with van der Waals surface area (Å²) in [5.74, 6) is 4.80. The van der Waals surface area contributed by atoms with E-state index in [1.807, 2.05) is 0 Å². The molecule has 0 aromatic heterocycles. The van der Waals surface area contributed by atoms with Crippen LogP contribution in [0.2, 0.25) is 0 Å². The van der Waals surface area contributed by atoms with Crippen molar-refractivity contribution in [3.05, 3.63) is 0 Å². The molecule has 0 aromatic carbocycles. The highest BCUT2D eigenvalue weighted by Crippen LogP contribution is 1.87. The minimum Gasteiger partial charge on any atom is -0.379 e. The average molecular weight is 192 g/mol. The van der Waals surface area contributed by atoms with Crippen molar-refractivity contribution in [2.75, 3.05) is 39.6 Å². The molecule has 0 rings (SSSR count). The second kappa shape index (κ2) is 11.8. The van der Waals surface area contributed by atoms with Gasteiger partial charge in [0.2, 0.25) is 0 Å². The van der Waals surface area contributed by atoms with Crippen LogP contribution in [-0.4, -0.2) is 39.6 Å². The Hall–Kier alpha value is -0.200. The van der Waals surface area contributed by atoms with Crippen LogP contribution in [0, 0.1) is 0 Å². The third-order valence-corrected chi connectivity index (χ3v) is 1.46. The third kappa shape index (κ3) is 11.8. The largest absolute Gasteiger partial charge is 0.379 e. The van der Waals surface area contributed by atoms with Gasteiger partial charge in [0, 0.05) is 6.61 Å². The first-order chi connectivity index (χ1) is 6.41. The van der Waals surface area contributed by atoms with E-state index in [9.17, 15) is 0 Å². The molecule has 0 fully saturated rings. The monoisotopic (exact) mass is 192 g/mol. The van der Waals surface area contributed by atoms with E-state index in [2.05, 4.69) is 4.84 Å². The molecule has 0 aliphatic heterocycles. The highest BCUT2D eigenvalue weighted by Gasteiger charge is 1.90. The quantitative estimate of drug-likeness (QED) is 0.365. The van der Waals surface area contributed by atoms with Crippen LogP contribution in [0.4, 0.5) is 0 Å². The molecule has 5 nitrogen and oxygen atoms in total. The summed E-state index contributed by atoms with van der Waals surface area (Å²) in [5, 5.41) is 0. The molecule has 0 aliphatic rings. The molecule has 0 radical (unpaired) electrons. The van der Waals surface area contributed by atoms with Gasteiger partial charge in [-0.25, -0.2) is 5.90 Å². The van der Waals surface area contributed by atoms with E-state index >= 15 is 0 Å². The molecule has 0 heterocycles. The number of hydrogen-bond acceptors (Lipinski definition) is 5. The van der Waals surface area contributed by atoms with Crippen LogP contribution in [0.5, 0.6) is 0 Å². The maximum Gasteiger partial charge on any atom is 0.0913 e. The highest BCUT2D eigenvalue weighted by molar-refractivity contribution is 4.39. The van der Waals surface area contributed by atoms with Crippen molar-refractivity contribution in [1.29, 1.82) is 0 Å². The van der Waals surface area contributed by atoms with Crippen molar-refractivity contribution < 1.29 is 14.3 Å². The molecule has 13 heavy (non-hydrogen) atoms. The second-order valence-corrected chi connectivity index (χ2v) is 2.59. The summed E-state index contributed by atoms with van der Waals surface area (Å²) in [5.41, 5.74) is 5.32. The Kier molecular flexibility index (Phi) is 11.6.